The molecule has 150 valence electrons. The summed E-state index contributed by atoms with van der Waals surface area (Å²) in [4.78, 5) is 30.5. The van der Waals surface area contributed by atoms with Crippen molar-refractivity contribution in [3.8, 4) is 0 Å². The van der Waals surface area contributed by atoms with E-state index in [4.69, 9.17) is 11.6 Å². The molecule has 1 fully saturated rings. The van der Waals surface area contributed by atoms with E-state index in [1.807, 2.05) is 30.3 Å². The van der Waals surface area contributed by atoms with Crippen LogP contribution in [0.15, 0.2) is 72.8 Å². The number of hydrogen-bond donors (Lipinski definition) is 0. The predicted molar refractivity (Wildman–Crippen MR) is 112 cm³/mol. The normalized spacial score (nSPS) is 20.1. The summed E-state index contributed by atoms with van der Waals surface area (Å²) in [6.45, 7) is 1.00. The van der Waals surface area contributed by atoms with Gasteiger partial charge < -0.3 is 9.80 Å². The lowest BCUT2D eigenvalue weighted by molar-refractivity contribution is -0.0248. The molecule has 2 heterocycles. The van der Waals surface area contributed by atoms with Crippen LogP contribution in [-0.2, 0) is 5.66 Å². The van der Waals surface area contributed by atoms with Crippen molar-refractivity contribution in [3.05, 3.63) is 106 Å². The number of fused-ring (bicyclic) bond motifs is 3. The van der Waals surface area contributed by atoms with Gasteiger partial charge in [-0.1, -0.05) is 41.9 Å². The minimum Gasteiger partial charge on any atom is -0.307 e. The second kappa shape index (κ2) is 6.96. The molecule has 0 N–H and O–H groups in total. The zero-order chi connectivity index (χ0) is 20.9. The largest absolute Gasteiger partial charge is 0.307 e. The maximum absolute atomic E-state index is 13.7. The highest BCUT2D eigenvalue weighted by Gasteiger charge is 2.57. The lowest BCUT2D eigenvalue weighted by Gasteiger charge is -2.51. The third-order valence-corrected chi connectivity index (χ3v) is 6.16. The van der Waals surface area contributed by atoms with Crippen LogP contribution in [-0.4, -0.2) is 34.7 Å². The van der Waals surface area contributed by atoms with Gasteiger partial charge in [0.05, 0.1) is 0 Å². The quantitative estimate of drug-likeness (QED) is 0.604. The van der Waals surface area contributed by atoms with Crippen molar-refractivity contribution in [2.24, 2.45) is 0 Å². The first-order valence-electron chi connectivity index (χ1n) is 9.78. The molecular formula is C24H18ClFN2O2. The molecular weight excluding hydrogens is 403 g/mol. The van der Waals surface area contributed by atoms with Gasteiger partial charge in [-0.3, -0.25) is 9.59 Å². The Bertz CT molecular complexity index is 1150. The number of nitrogens with zero attached hydrogens (tertiary/aromatic N) is 2. The molecule has 0 spiro atoms. The van der Waals surface area contributed by atoms with Crippen LogP contribution >= 0.6 is 11.6 Å². The number of amides is 2. The van der Waals surface area contributed by atoms with Crippen molar-refractivity contribution >= 4 is 23.4 Å². The molecule has 3 aromatic carbocycles. The Morgan fingerprint density at radius 1 is 0.933 bits per heavy atom. The molecule has 30 heavy (non-hydrogen) atoms. The molecule has 1 atom stereocenters. The third-order valence-electron chi connectivity index (χ3n) is 5.91. The van der Waals surface area contributed by atoms with Crippen molar-refractivity contribution in [2.75, 3.05) is 13.1 Å². The van der Waals surface area contributed by atoms with Gasteiger partial charge in [-0.05, 0) is 48.9 Å². The SMILES string of the molecule is O=C(c1ccc(F)cc1)N1CCCN2C(=O)c3ccccc3C12c1ccc(Cl)cc1. The molecule has 2 aliphatic heterocycles. The average Bonchev–Trinajstić information content (AvgIpc) is 3.04. The van der Waals surface area contributed by atoms with Crippen LogP contribution in [0.25, 0.3) is 0 Å². The van der Waals surface area contributed by atoms with Crippen molar-refractivity contribution in [2.45, 2.75) is 12.1 Å². The molecule has 0 aliphatic carbocycles. The smallest absolute Gasteiger partial charge is 0.256 e. The van der Waals surface area contributed by atoms with E-state index in [2.05, 4.69) is 0 Å². The van der Waals surface area contributed by atoms with Gasteiger partial charge in [-0.2, -0.15) is 0 Å². The minimum absolute atomic E-state index is 0.0999. The molecule has 4 nitrogen and oxygen atoms in total. The molecule has 0 radical (unpaired) electrons. The molecule has 0 aromatic heterocycles. The Balaban J connectivity index is 1.76. The highest BCUT2D eigenvalue weighted by molar-refractivity contribution is 6.30. The summed E-state index contributed by atoms with van der Waals surface area (Å²) >= 11 is 6.13. The van der Waals surface area contributed by atoms with E-state index < -0.39 is 11.5 Å². The monoisotopic (exact) mass is 420 g/mol. The number of halogens is 2. The third kappa shape index (κ3) is 2.58. The molecule has 2 aliphatic rings. The van der Waals surface area contributed by atoms with Crippen LogP contribution in [0.1, 0.15) is 38.3 Å². The molecule has 2 amide bonds. The molecule has 3 aromatic rings. The van der Waals surface area contributed by atoms with Crippen molar-refractivity contribution in [1.82, 2.24) is 9.80 Å². The van der Waals surface area contributed by atoms with E-state index in [9.17, 15) is 14.0 Å². The standard InChI is InChI=1S/C24H18ClFN2O2/c25-18-10-8-17(9-11-18)24-21-5-2-1-4-20(21)23(30)28(24)15-3-14-27(24)22(29)16-6-12-19(26)13-7-16/h1-2,4-13H,3,14-15H2. The fraction of sp³-hybridized carbons (Fsp3) is 0.167. The van der Waals surface area contributed by atoms with Gasteiger partial charge in [-0.25, -0.2) is 4.39 Å². The number of rotatable bonds is 2. The second-order valence-electron chi connectivity index (χ2n) is 7.50. The zero-order valence-electron chi connectivity index (χ0n) is 16.0. The van der Waals surface area contributed by atoms with E-state index in [-0.39, 0.29) is 11.8 Å². The van der Waals surface area contributed by atoms with Crippen LogP contribution in [0.2, 0.25) is 5.02 Å². The maximum atomic E-state index is 13.7. The summed E-state index contributed by atoms with van der Waals surface area (Å²) < 4.78 is 13.4. The van der Waals surface area contributed by atoms with Gasteiger partial charge in [0, 0.05) is 40.4 Å². The molecule has 5 rings (SSSR count). The molecule has 1 unspecified atom stereocenters. The van der Waals surface area contributed by atoms with E-state index in [1.165, 1.54) is 24.3 Å². The summed E-state index contributed by atoms with van der Waals surface area (Å²) in [5.41, 5.74) is 1.46. The number of carbonyl (C=O) groups is 2. The molecule has 0 bridgehead atoms. The van der Waals surface area contributed by atoms with Crippen molar-refractivity contribution in [3.63, 3.8) is 0 Å². The first-order chi connectivity index (χ1) is 14.5. The van der Waals surface area contributed by atoms with E-state index in [0.717, 1.165) is 11.1 Å². The number of carbonyl (C=O) groups excluding carboxylic acids is 2. The number of benzene rings is 3. The van der Waals surface area contributed by atoms with Gasteiger partial charge in [0.25, 0.3) is 11.8 Å². The maximum Gasteiger partial charge on any atom is 0.256 e. The fourth-order valence-electron chi connectivity index (χ4n) is 4.66. The summed E-state index contributed by atoms with van der Waals surface area (Å²) in [6, 6.07) is 20.2. The molecule has 0 saturated carbocycles. The Kier molecular flexibility index (Phi) is 4.36. The van der Waals surface area contributed by atoms with Gasteiger partial charge in [0.15, 0.2) is 5.66 Å². The lowest BCUT2D eigenvalue weighted by Crippen LogP contribution is -2.62. The first kappa shape index (κ1) is 18.8. The summed E-state index contributed by atoms with van der Waals surface area (Å²) in [5, 5.41) is 0.575. The summed E-state index contributed by atoms with van der Waals surface area (Å²) in [7, 11) is 0. The topological polar surface area (TPSA) is 40.6 Å². The molecule has 1 saturated heterocycles. The van der Waals surface area contributed by atoms with Crippen LogP contribution in [0.5, 0.6) is 0 Å². The van der Waals surface area contributed by atoms with Gasteiger partial charge in [-0.15, -0.1) is 0 Å². The van der Waals surface area contributed by atoms with Crippen molar-refractivity contribution in [1.29, 1.82) is 0 Å². The Hall–Kier alpha value is -3.18. The number of hydrogen-bond acceptors (Lipinski definition) is 2. The fourth-order valence-corrected chi connectivity index (χ4v) is 4.79. The Morgan fingerprint density at radius 3 is 2.37 bits per heavy atom. The van der Waals surface area contributed by atoms with E-state index in [1.54, 1.807) is 28.0 Å². The zero-order valence-corrected chi connectivity index (χ0v) is 16.8. The van der Waals surface area contributed by atoms with Gasteiger partial charge in [0.1, 0.15) is 5.82 Å². The van der Waals surface area contributed by atoms with Crippen molar-refractivity contribution < 1.29 is 14.0 Å². The molecule has 6 heteroatoms. The lowest BCUT2D eigenvalue weighted by atomic mass is 9.86. The second-order valence-corrected chi connectivity index (χ2v) is 7.94. The van der Waals surface area contributed by atoms with Crippen LogP contribution in [0.4, 0.5) is 4.39 Å². The average molecular weight is 421 g/mol. The summed E-state index contributed by atoms with van der Waals surface area (Å²) in [5.74, 6) is -0.753. The highest BCUT2D eigenvalue weighted by atomic mass is 35.5. The van der Waals surface area contributed by atoms with E-state index >= 15 is 0 Å². The van der Waals surface area contributed by atoms with Crippen LogP contribution < -0.4 is 0 Å². The predicted octanol–water partition coefficient (Wildman–Crippen LogP) is 4.68. The highest BCUT2D eigenvalue weighted by Crippen LogP contribution is 2.49. The Labute approximate surface area is 178 Å². The first-order valence-corrected chi connectivity index (χ1v) is 10.2. The Morgan fingerprint density at radius 2 is 1.63 bits per heavy atom. The van der Waals surface area contributed by atoms with Gasteiger partial charge in [0.2, 0.25) is 0 Å². The summed E-state index contributed by atoms with van der Waals surface area (Å²) in [6.07, 6.45) is 0.655. The van der Waals surface area contributed by atoms with Gasteiger partial charge >= 0.3 is 0 Å². The van der Waals surface area contributed by atoms with Crippen LogP contribution in [0, 0.1) is 5.82 Å². The minimum atomic E-state index is -1.07. The van der Waals surface area contributed by atoms with E-state index in [0.29, 0.717) is 35.7 Å². The van der Waals surface area contributed by atoms with Crippen LogP contribution in [0.3, 0.4) is 0 Å².